The van der Waals surface area contributed by atoms with Gasteiger partial charge in [-0.25, -0.2) is 0 Å². The van der Waals surface area contributed by atoms with Gasteiger partial charge in [-0.1, -0.05) is 5.11 Å². The number of halogens is 3. The normalized spacial score (nSPS) is 33.7. The molecule has 124 valence electrons. The molecule has 0 aromatic heterocycles. The summed E-state index contributed by atoms with van der Waals surface area (Å²) >= 11 is 0. The Morgan fingerprint density at radius 2 is 2.05 bits per heavy atom. The minimum atomic E-state index is -4.99. The lowest BCUT2D eigenvalue weighted by atomic mass is 9.98. The van der Waals surface area contributed by atoms with E-state index < -0.39 is 42.2 Å². The van der Waals surface area contributed by atoms with Gasteiger partial charge in [0, 0.05) is 4.91 Å². The van der Waals surface area contributed by atoms with Crippen LogP contribution < -0.4 is 5.32 Å². The lowest BCUT2D eigenvalue weighted by Crippen LogP contribution is -2.60. The van der Waals surface area contributed by atoms with Crippen LogP contribution in [0.15, 0.2) is 5.11 Å². The van der Waals surface area contributed by atoms with Crippen LogP contribution in [0.3, 0.4) is 0 Å². The van der Waals surface area contributed by atoms with Gasteiger partial charge in [0.1, 0.15) is 12.2 Å². The summed E-state index contributed by atoms with van der Waals surface area (Å²) in [5.74, 6) is -3.11. The minimum absolute atomic E-state index is 0.0446. The van der Waals surface area contributed by atoms with Gasteiger partial charge in [0.25, 0.3) is 0 Å². The monoisotopic (exact) mass is 324 g/mol. The number of nitrogens with zero attached hydrogens (tertiary/aromatic N) is 3. The molecule has 0 aliphatic carbocycles. The van der Waals surface area contributed by atoms with Crippen molar-refractivity contribution in [1.29, 1.82) is 0 Å². The molecular weight excluding hydrogens is 309 g/mol. The summed E-state index contributed by atoms with van der Waals surface area (Å²) in [5.41, 5.74) is 8.35. The highest BCUT2D eigenvalue weighted by Crippen LogP contribution is 2.35. The first-order chi connectivity index (χ1) is 10.1. The van der Waals surface area contributed by atoms with Crippen molar-refractivity contribution < 1.29 is 32.2 Å². The number of nitrogens with one attached hydrogen (secondary N) is 1. The van der Waals surface area contributed by atoms with E-state index in [1.807, 2.05) is 5.32 Å². The molecule has 0 saturated carbocycles. The summed E-state index contributed by atoms with van der Waals surface area (Å²) in [6.45, 7) is 2.95. The van der Waals surface area contributed by atoms with Gasteiger partial charge in [-0.2, -0.15) is 13.2 Å². The first kappa shape index (κ1) is 16.8. The standard InChI is InChI=1S/C11H15F3N4O4/c1-10(2)21-7-5(17-9(19)11(12,13)14)4-20-6(3-16-18-15)8(7)22-10/h5-8H,3-4H2,1-2H3,(H,17,19)/t5-,6+,7+,8-/m0/s1. The van der Waals surface area contributed by atoms with E-state index in [1.54, 1.807) is 13.8 Å². The summed E-state index contributed by atoms with van der Waals surface area (Å²) in [6, 6.07) is -1.01. The first-order valence-electron chi connectivity index (χ1n) is 6.50. The maximum atomic E-state index is 12.4. The van der Waals surface area contributed by atoms with Crippen molar-refractivity contribution in [3.63, 3.8) is 0 Å². The van der Waals surface area contributed by atoms with Crippen molar-refractivity contribution in [3.8, 4) is 0 Å². The molecule has 11 heteroatoms. The maximum Gasteiger partial charge on any atom is 0.471 e. The van der Waals surface area contributed by atoms with Crippen LogP contribution in [0.5, 0.6) is 0 Å². The van der Waals surface area contributed by atoms with Crippen LogP contribution in [0.2, 0.25) is 0 Å². The summed E-state index contributed by atoms with van der Waals surface area (Å²) in [6.07, 6.45) is -7.21. The highest BCUT2D eigenvalue weighted by atomic mass is 19.4. The fraction of sp³-hybridized carbons (Fsp3) is 0.909. The predicted molar refractivity (Wildman–Crippen MR) is 65.6 cm³/mol. The molecule has 0 aromatic rings. The van der Waals surface area contributed by atoms with Gasteiger partial charge >= 0.3 is 12.1 Å². The Kier molecular flexibility index (Phi) is 4.52. The largest absolute Gasteiger partial charge is 0.471 e. The molecule has 2 saturated heterocycles. The van der Waals surface area contributed by atoms with E-state index in [4.69, 9.17) is 19.7 Å². The number of rotatable bonds is 3. The molecule has 2 fully saturated rings. The third-order valence-electron chi connectivity index (χ3n) is 3.32. The van der Waals surface area contributed by atoms with E-state index in [0.29, 0.717) is 0 Å². The maximum absolute atomic E-state index is 12.4. The van der Waals surface area contributed by atoms with Gasteiger partial charge in [0.05, 0.1) is 25.3 Å². The Morgan fingerprint density at radius 1 is 1.41 bits per heavy atom. The molecule has 0 aromatic carbocycles. The summed E-state index contributed by atoms with van der Waals surface area (Å²) in [5, 5.41) is 5.23. The van der Waals surface area contributed by atoms with Gasteiger partial charge in [-0.3, -0.25) is 4.79 Å². The van der Waals surface area contributed by atoms with Crippen LogP contribution in [0, 0.1) is 0 Å². The van der Waals surface area contributed by atoms with Crippen molar-refractivity contribution in [2.45, 2.75) is 50.2 Å². The van der Waals surface area contributed by atoms with E-state index in [2.05, 4.69) is 10.0 Å². The van der Waals surface area contributed by atoms with Gasteiger partial charge < -0.3 is 19.5 Å². The van der Waals surface area contributed by atoms with Gasteiger partial charge in [-0.05, 0) is 19.4 Å². The van der Waals surface area contributed by atoms with Crippen LogP contribution >= 0.6 is 0 Å². The molecule has 0 unspecified atom stereocenters. The lowest BCUT2D eigenvalue weighted by Gasteiger charge is -2.36. The second-order valence-corrected chi connectivity index (χ2v) is 5.43. The molecule has 1 N–H and O–H groups in total. The Hall–Kier alpha value is -1.55. The smallest absolute Gasteiger partial charge is 0.373 e. The van der Waals surface area contributed by atoms with Crippen molar-refractivity contribution in [2.24, 2.45) is 5.11 Å². The number of alkyl halides is 3. The fourth-order valence-corrected chi connectivity index (χ4v) is 2.48. The quantitative estimate of drug-likeness (QED) is 0.479. The zero-order chi connectivity index (χ0) is 16.5. The van der Waals surface area contributed by atoms with E-state index in [-0.39, 0.29) is 13.2 Å². The number of hydrogen-bond donors (Lipinski definition) is 1. The number of hydrogen-bond acceptors (Lipinski definition) is 5. The van der Waals surface area contributed by atoms with Crippen LogP contribution in [-0.2, 0) is 19.0 Å². The van der Waals surface area contributed by atoms with Crippen molar-refractivity contribution in [2.75, 3.05) is 13.2 Å². The Labute approximate surface area is 123 Å². The number of azide groups is 1. The average molecular weight is 324 g/mol. The van der Waals surface area contributed by atoms with Crippen LogP contribution in [0.4, 0.5) is 13.2 Å². The van der Waals surface area contributed by atoms with Gasteiger partial charge in [-0.15, -0.1) is 0 Å². The van der Waals surface area contributed by atoms with Gasteiger partial charge in [0.15, 0.2) is 5.79 Å². The molecule has 1 amide bonds. The average Bonchev–Trinajstić information content (AvgIpc) is 2.72. The number of amides is 1. The second kappa shape index (κ2) is 5.92. The van der Waals surface area contributed by atoms with Crippen LogP contribution in [0.25, 0.3) is 10.4 Å². The zero-order valence-corrected chi connectivity index (χ0v) is 11.8. The molecule has 2 aliphatic rings. The molecule has 0 spiro atoms. The van der Waals surface area contributed by atoms with E-state index in [1.165, 1.54) is 0 Å². The number of carbonyl (C=O) groups excluding carboxylic acids is 1. The van der Waals surface area contributed by atoms with Crippen LogP contribution in [-0.4, -0.2) is 55.4 Å². The predicted octanol–water partition coefficient (Wildman–Crippen LogP) is 1.26. The summed E-state index contributed by atoms with van der Waals surface area (Å²) < 4.78 is 53.6. The molecule has 2 rings (SSSR count). The highest BCUT2D eigenvalue weighted by molar-refractivity contribution is 5.82. The minimum Gasteiger partial charge on any atom is -0.373 e. The van der Waals surface area contributed by atoms with Crippen molar-refractivity contribution in [3.05, 3.63) is 10.4 Å². The molecule has 4 atom stereocenters. The molecule has 2 aliphatic heterocycles. The molecule has 0 bridgehead atoms. The fourth-order valence-electron chi connectivity index (χ4n) is 2.48. The molecule has 22 heavy (non-hydrogen) atoms. The Balaban J connectivity index is 2.12. The SMILES string of the molecule is CC1(C)O[C@@H]2[C@H](O1)[C@@H](NC(=O)C(F)(F)F)CO[C@@H]2CN=[N+]=[N-]. The molecule has 2 heterocycles. The Bertz CT molecular complexity index is 492. The topological polar surface area (TPSA) is 106 Å². The molecule has 0 radical (unpaired) electrons. The first-order valence-corrected chi connectivity index (χ1v) is 6.50. The zero-order valence-electron chi connectivity index (χ0n) is 11.8. The number of ether oxygens (including phenoxy) is 3. The Morgan fingerprint density at radius 3 is 2.64 bits per heavy atom. The summed E-state index contributed by atoms with van der Waals surface area (Å²) in [4.78, 5) is 13.7. The van der Waals surface area contributed by atoms with Crippen LogP contribution in [0.1, 0.15) is 13.8 Å². The number of carbonyl (C=O) groups is 1. The van der Waals surface area contributed by atoms with Crippen molar-refractivity contribution in [1.82, 2.24) is 5.32 Å². The van der Waals surface area contributed by atoms with Gasteiger partial charge in [0.2, 0.25) is 0 Å². The van der Waals surface area contributed by atoms with E-state index >= 15 is 0 Å². The lowest BCUT2D eigenvalue weighted by molar-refractivity contribution is -0.178. The van der Waals surface area contributed by atoms with E-state index in [9.17, 15) is 18.0 Å². The third kappa shape index (κ3) is 3.61. The molecule has 8 nitrogen and oxygen atoms in total. The van der Waals surface area contributed by atoms with E-state index in [0.717, 1.165) is 0 Å². The number of fused-ring (bicyclic) bond motifs is 1. The second-order valence-electron chi connectivity index (χ2n) is 5.43. The third-order valence-corrected chi connectivity index (χ3v) is 3.32. The van der Waals surface area contributed by atoms with Crippen molar-refractivity contribution >= 4 is 5.91 Å². The molecular formula is C11H15F3N4O4. The highest BCUT2D eigenvalue weighted by Gasteiger charge is 2.53. The summed E-state index contributed by atoms with van der Waals surface area (Å²) in [7, 11) is 0.